The summed E-state index contributed by atoms with van der Waals surface area (Å²) < 4.78 is 14.9. The SMILES string of the molecule is Cc1ccnn1-c1ccc(C(=O)NCC2CCN(c3ccc(F)cc3)C2)cc1. The topological polar surface area (TPSA) is 50.2 Å². The summed E-state index contributed by atoms with van der Waals surface area (Å²) in [6.45, 7) is 4.41. The van der Waals surface area contributed by atoms with Gasteiger partial charge in [0.15, 0.2) is 0 Å². The number of anilines is 1. The normalized spacial score (nSPS) is 16.4. The van der Waals surface area contributed by atoms with Crippen LogP contribution >= 0.6 is 0 Å². The van der Waals surface area contributed by atoms with E-state index >= 15 is 0 Å². The van der Waals surface area contributed by atoms with Gasteiger partial charge < -0.3 is 10.2 Å². The Bertz CT molecular complexity index is 949. The molecule has 1 amide bonds. The van der Waals surface area contributed by atoms with E-state index in [0.29, 0.717) is 18.0 Å². The van der Waals surface area contributed by atoms with E-state index in [9.17, 15) is 9.18 Å². The highest BCUT2D eigenvalue weighted by Gasteiger charge is 2.23. The van der Waals surface area contributed by atoms with Gasteiger partial charge in [-0.25, -0.2) is 9.07 Å². The summed E-state index contributed by atoms with van der Waals surface area (Å²) in [6.07, 6.45) is 2.77. The van der Waals surface area contributed by atoms with Crippen molar-refractivity contribution in [1.82, 2.24) is 15.1 Å². The number of halogens is 1. The van der Waals surface area contributed by atoms with E-state index in [4.69, 9.17) is 0 Å². The molecule has 1 N–H and O–H groups in total. The van der Waals surface area contributed by atoms with Gasteiger partial charge in [0.1, 0.15) is 5.82 Å². The highest BCUT2D eigenvalue weighted by Crippen LogP contribution is 2.23. The number of benzene rings is 2. The maximum atomic E-state index is 13.1. The molecule has 28 heavy (non-hydrogen) atoms. The zero-order valence-electron chi connectivity index (χ0n) is 15.8. The molecule has 3 aromatic rings. The molecule has 0 spiro atoms. The molecule has 1 unspecified atom stereocenters. The van der Waals surface area contributed by atoms with Gasteiger partial charge in [-0.15, -0.1) is 0 Å². The lowest BCUT2D eigenvalue weighted by molar-refractivity contribution is 0.0948. The third-order valence-electron chi connectivity index (χ3n) is 5.23. The Hall–Kier alpha value is -3.15. The molecule has 1 saturated heterocycles. The summed E-state index contributed by atoms with van der Waals surface area (Å²) >= 11 is 0. The standard InChI is InChI=1S/C22H23FN4O/c1-16-10-12-25-27(16)21-6-2-18(3-7-21)22(28)24-14-17-11-13-26(15-17)20-8-4-19(23)5-9-20/h2-10,12,17H,11,13-15H2,1H3,(H,24,28). The molecule has 1 aliphatic heterocycles. The summed E-state index contributed by atoms with van der Waals surface area (Å²) in [5.74, 6) is 0.101. The molecule has 1 fully saturated rings. The number of carbonyl (C=O) groups is 1. The molecule has 1 aliphatic rings. The first-order valence-corrected chi connectivity index (χ1v) is 9.50. The Labute approximate surface area is 163 Å². The monoisotopic (exact) mass is 378 g/mol. The summed E-state index contributed by atoms with van der Waals surface area (Å²) in [5, 5.41) is 7.32. The molecule has 0 aliphatic carbocycles. The van der Waals surface area contributed by atoms with Crippen molar-refractivity contribution in [1.29, 1.82) is 0 Å². The van der Waals surface area contributed by atoms with Crippen molar-refractivity contribution in [3.05, 3.63) is 77.9 Å². The smallest absolute Gasteiger partial charge is 0.251 e. The highest BCUT2D eigenvalue weighted by atomic mass is 19.1. The van der Waals surface area contributed by atoms with Gasteiger partial charge in [-0.1, -0.05) is 0 Å². The number of nitrogens with one attached hydrogen (secondary N) is 1. The van der Waals surface area contributed by atoms with Crippen LogP contribution in [0.2, 0.25) is 0 Å². The highest BCUT2D eigenvalue weighted by molar-refractivity contribution is 5.94. The number of carbonyl (C=O) groups excluding carboxylic acids is 1. The molecular weight excluding hydrogens is 355 g/mol. The average molecular weight is 378 g/mol. The minimum Gasteiger partial charge on any atom is -0.371 e. The molecule has 2 heterocycles. The molecule has 1 atom stereocenters. The summed E-state index contributed by atoms with van der Waals surface area (Å²) in [4.78, 5) is 14.7. The number of aryl methyl sites for hydroxylation is 1. The Morgan fingerprint density at radius 1 is 1.11 bits per heavy atom. The van der Waals surface area contributed by atoms with Crippen LogP contribution in [0.4, 0.5) is 10.1 Å². The van der Waals surface area contributed by atoms with Gasteiger partial charge >= 0.3 is 0 Å². The van der Waals surface area contributed by atoms with Crippen LogP contribution in [-0.4, -0.2) is 35.3 Å². The van der Waals surface area contributed by atoms with Crippen molar-refractivity contribution < 1.29 is 9.18 Å². The van der Waals surface area contributed by atoms with Gasteiger partial charge in [-0.2, -0.15) is 5.10 Å². The van der Waals surface area contributed by atoms with Gasteiger partial charge in [0.05, 0.1) is 5.69 Å². The Morgan fingerprint density at radius 3 is 2.50 bits per heavy atom. The second-order valence-electron chi connectivity index (χ2n) is 7.22. The van der Waals surface area contributed by atoms with Crippen molar-refractivity contribution in [2.24, 2.45) is 5.92 Å². The maximum absolute atomic E-state index is 13.1. The van der Waals surface area contributed by atoms with Crippen LogP contribution in [0, 0.1) is 18.7 Å². The Kier molecular flexibility index (Phi) is 5.10. The van der Waals surface area contributed by atoms with E-state index in [2.05, 4.69) is 15.3 Å². The number of hydrogen-bond donors (Lipinski definition) is 1. The van der Waals surface area contributed by atoms with Crippen LogP contribution in [0.5, 0.6) is 0 Å². The summed E-state index contributed by atoms with van der Waals surface area (Å²) in [6, 6.07) is 16.0. The average Bonchev–Trinajstić information content (AvgIpc) is 3.36. The third-order valence-corrected chi connectivity index (χ3v) is 5.23. The van der Waals surface area contributed by atoms with E-state index in [1.165, 1.54) is 12.1 Å². The van der Waals surface area contributed by atoms with Crippen molar-refractivity contribution in [2.45, 2.75) is 13.3 Å². The molecule has 2 aromatic carbocycles. The number of amides is 1. The number of aromatic nitrogens is 2. The number of rotatable bonds is 5. The zero-order chi connectivity index (χ0) is 19.5. The summed E-state index contributed by atoms with van der Waals surface area (Å²) in [7, 11) is 0. The number of hydrogen-bond acceptors (Lipinski definition) is 3. The molecule has 0 bridgehead atoms. The molecule has 6 heteroatoms. The molecule has 0 saturated carbocycles. The lowest BCUT2D eigenvalue weighted by Gasteiger charge is -2.19. The van der Waals surface area contributed by atoms with Crippen molar-refractivity contribution in [3.63, 3.8) is 0 Å². The van der Waals surface area contributed by atoms with Crippen LogP contribution in [0.3, 0.4) is 0 Å². The number of nitrogens with zero attached hydrogens (tertiary/aromatic N) is 3. The van der Waals surface area contributed by atoms with E-state index in [0.717, 1.165) is 36.6 Å². The van der Waals surface area contributed by atoms with Gasteiger partial charge in [-0.3, -0.25) is 4.79 Å². The predicted octanol–water partition coefficient (Wildman–Crippen LogP) is 3.58. The molecule has 1 aromatic heterocycles. The van der Waals surface area contributed by atoms with E-state index in [1.807, 2.05) is 41.9 Å². The second kappa shape index (κ2) is 7.84. The van der Waals surface area contributed by atoms with Gasteiger partial charge in [0, 0.05) is 42.8 Å². The molecule has 4 rings (SSSR count). The molecule has 0 radical (unpaired) electrons. The van der Waals surface area contributed by atoms with E-state index < -0.39 is 0 Å². The lowest BCUT2D eigenvalue weighted by atomic mass is 10.1. The first kappa shape index (κ1) is 18.2. The zero-order valence-corrected chi connectivity index (χ0v) is 15.8. The fourth-order valence-corrected chi connectivity index (χ4v) is 3.62. The first-order valence-electron chi connectivity index (χ1n) is 9.50. The fraction of sp³-hybridized carbons (Fsp3) is 0.273. The largest absolute Gasteiger partial charge is 0.371 e. The lowest BCUT2D eigenvalue weighted by Crippen LogP contribution is -2.31. The van der Waals surface area contributed by atoms with Gasteiger partial charge in [-0.05, 0) is 73.9 Å². The minimum atomic E-state index is -0.222. The Balaban J connectivity index is 1.31. The van der Waals surface area contributed by atoms with Crippen LogP contribution in [0.25, 0.3) is 5.69 Å². The van der Waals surface area contributed by atoms with Crippen molar-refractivity contribution in [3.8, 4) is 5.69 Å². The summed E-state index contributed by atoms with van der Waals surface area (Å²) in [5.41, 5.74) is 3.65. The molecule has 144 valence electrons. The fourth-order valence-electron chi connectivity index (χ4n) is 3.62. The van der Waals surface area contributed by atoms with Crippen LogP contribution < -0.4 is 10.2 Å². The quantitative estimate of drug-likeness (QED) is 0.738. The van der Waals surface area contributed by atoms with E-state index in [-0.39, 0.29) is 11.7 Å². The maximum Gasteiger partial charge on any atom is 0.251 e. The predicted molar refractivity (Wildman–Crippen MR) is 107 cm³/mol. The minimum absolute atomic E-state index is 0.0658. The molecule has 5 nitrogen and oxygen atoms in total. The Morgan fingerprint density at radius 2 is 1.82 bits per heavy atom. The van der Waals surface area contributed by atoms with Crippen LogP contribution in [0.15, 0.2) is 60.8 Å². The first-order chi connectivity index (χ1) is 13.6. The second-order valence-corrected chi connectivity index (χ2v) is 7.22. The van der Waals surface area contributed by atoms with Crippen LogP contribution in [-0.2, 0) is 0 Å². The van der Waals surface area contributed by atoms with Crippen molar-refractivity contribution >= 4 is 11.6 Å². The van der Waals surface area contributed by atoms with Gasteiger partial charge in [0.25, 0.3) is 5.91 Å². The van der Waals surface area contributed by atoms with Crippen LogP contribution in [0.1, 0.15) is 22.5 Å². The van der Waals surface area contributed by atoms with Gasteiger partial charge in [0.2, 0.25) is 0 Å². The molecular formula is C22H23FN4O. The van der Waals surface area contributed by atoms with Crippen molar-refractivity contribution in [2.75, 3.05) is 24.5 Å². The third kappa shape index (κ3) is 3.91. The van der Waals surface area contributed by atoms with E-state index in [1.54, 1.807) is 18.3 Å².